The lowest BCUT2D eigenvalue weighted by Crippen LogP contribution is -2.24. The lowest BCUT2D eigenvalue weighted by Gasteiger charge is -2.12. The predicted octanol–water partition coefficient (Wildman–Crippen LogP) is 3.83. The van der Waals surface area contributed by atoms with Crippen LogP contribution in [0.2, 0.25) is 0 Å². The van der Waals surface area contributed by atoms with E-state index in [1.165, 1.54) is 18.2 Å². The highest BCUT2D eigenvalue weighted by Gasteiger charge is 2.34. The Morgan fingerprint density at radius 3 is 2.54 bits per heavy atom. The van der Waals surface area contributed by atoms with E-state index in [9.17, 15) is 27.2 Å². The fourth-order valence-corrected chi connectivity index (χ4v) is 2.62. The van der Waals surface area contributed by atoms with Crippen LogP contribution in [0.1, 0.15) is 40.0 Å². The summed E-state index contributed by atoms with van der Waals surface area (Å²) in [4.78, 5) is 28.4. The fourth-order valence-electron chi connectivity index (χ4n) is 2.62. The molecule has 0 saturated heterocycles. The van der Waals surface area contributed by atoms with Gasteiger partial charge in [0.15, 0.2) is 0 Å². The summed E-state index contributed by atoms with van der Waals surface area (Å²) in [7, 11) is 0. The lowest BCUT2D eigenvalue weighted by molar-refractivity contribution is -0.140. The average Bonchev–Trinajstić information content (AvgIpc) is 3.44. The molecule has 5 nitrogen and oxygen atoms in total. The molecule has 1 heterocycles. The van der Waals surface area contributed by atoms with Crippen molar-refractivity contribution in [1.29, 1.82) is 0 Å². The number of carbonyl (C=O) groups is 2. The van der Waals surface area contributed by atoms with Crippen molar-refractivity contribution in [3.8, 4) is 0 Å². The van der Waals surface area contributed by atoms with Crippen molar-refractivity contribution >= 4 is 17.6 Å². The molecule has 1 aliphatic rings. The minimum absolute atomic E-state index is 0.0270. The molecule has 0 radical (unpaired) electrons. The minimum atomic E-state index is -4.82. The quantitative estimate of drug-likeness (QED) is 0.756. The highest BCUT2D eigenvalue weighted by molar-refractivity contribution is 5.97. The number of hydrogen-bond donors (Lipinski definition) is 2. The van der Waals surface area contributed by atoms with Crippen LogP contribution in [0.5, 0.6) is 0 Å². The molecule has 1 aromatic heterocycles. The molecule has 0 atom stereocenters. The van der Waals surface area contributed by atoms with E-state index in [2.05, 4.69) is 15.6 Å². The first-order valence-corrected chi connectivity index (χ1v) is 8.57. The van der Waals surface area contributed by atoms with Gasteiger partial charge in [0, 0.05) is 23.7 Å². The summed E-state index contributed by atoms with van der Waals surface area (Å²) in [6.45, 7) is 1.44. The van der Waals surface area contributed by atoms with Crippen LogP contribution in [-0.2, 0) is 17.5 Å². The third-order valence-corrected chi connectivity index (χ3v) is 4.20. The lowest BCUT2D eigenvalue weighted by atomic mass is 10.1. The third kappa shape index (κ3) is 4.85. The van der Waals surface area contributed by atoms with E-state index in [0.717, 1.165) is 12.8 Å². The molecule has 0 spiro atoms. The Hall–Kier alpha value is -2.97. The van der Waals surface area contributed by atoms with Gasteiger partial charge in [-0.05, 0) is 49.6 Å². The van der Waals surface area contributed by atoms with Crippen molar-refractivity contribution in [3.63, 3.8) is 0 Å². The molecule has 1 fully saturated rings. The molecule has 28 heavy (non-hydrogen) atoms. The van der Waals surface area contributed by atoms with Gasteiger partial charge >= 0.3 is 6.18 Å². The first-order valence-electron chi connectivity index (χ1n) is 8.57. The number of halogens is 4. The maximum Gasteiger partial charge on any atom is 0.419 e. The highest BCUT2D eigenvalue weighted by Crippen LogP contribution is 2.32. The number of anilines is 1. The Balaban J connectivity index is 1.69. The summed E-state index contributed by atoms with van der Waals surface area (Å²) in [5, 5.41) is 5.13. The fraction of sp³-hybridized carbons (Fsp3) is 0.316. The number of nitrogens with zero attached hydrogens (tertiary/aromatic N) is 1. The number of alkyl halides is 3. The molecule has 1 saturated carbocycles. The minimum Gasteiger partial charge on any atom is -0.348 e. The van der Waals surface area contributed by atoms with E-state index in [0.29, 0.717) is 17.8 Å². The Bertz CT molecular complexity index is 924. The van der Waals surface area contributed by atoms with Crippen LogP contribution in [-0.4, -0.2) is 16.8 Å². The molecule has 3 rings (SSSR count). The first-order chi connectivity index (χ1) is 13.1. The number of nitrogens with one attached hydrogen (secondary N) is 2. The molecule has 9 heteroatoms. The maximum atomic E-state index is 13.3. The zero-order valence-corrected chi connectivity index (χ0v) is 14.9. The second kappa shape index (κ2) is 7.57. The number of aryl methyl sites for hydroxylation is 1. The monoisotopic (exact) mass is 395 g/mol. The number of pyridine rings is 1. The van der Waals surface area contributed by atoms with E-state index in [1.807, 2.05) is 0 Å². The largest absolute Gasteiger partial charge is 0.419 e. The molecule has 0 bridgehead atoms. The number of carbonyl (C=O) groups excluding carboxylic acids is 2. The summed E-state index contributed by atoms with van der Waals surface area (Å²) in [6.07, 6.45) is -3.17. The van der Waals surface area contributed by atoms with Crippen LogP contribution in [0.3, 0.4) is 0 Å². The number of aromatic nitrogens is 1. The first kappa shape index (κ1) is 19.8. The van der Waals surface area contributed by atoms with Gasteiger partial charge in [-0.15, -0.1) is 0 Å². The van der Waals surface area contributed by atoms with Crippen LogP contribution in [0, 0.1) is 18.7 Å². The molecular formula is C19H17F4N3O2. The van der Waals surface area contributed by atoms with Gasteiger partial charge < -0.3 is 10.6 Å². The summed E-state index contributed by atoms with van der Waals surface area (Å²) < 4.78 is 51.7. The molecule has 1 aliphatic carbocycles. The maximum absolute atomic E-state index is 13.3. The summed E-state index contributed by atoms with van der Waals surface area (Å²) in [5.74, 6) is -1.87. The highest BCUT2D eigenvalue weighted by atomic mass is 19.4. The van der Waals surface area contributed by atoms with E-state index < -0.39 is 23.5 Å². The molecule has 0 aliphatic heterocycles. The van der Waals surface area contributed by atoms with Crippen LogP contribution >= 0.6 is 0 Å². The molecule has 2 amide bonds. The van der Waals surface area contributed by atoms with E-state index >= 15 is 0 Å². The van der Waals surface area contributed by atoms with Crippen molar-refractivity contribution in [1.82, 2.24) is 10.3 Å². The van der Waals surface area contributed by atoms with Crippen molar-refractivity contribution in [2.24, 2.45) is 5.92 Å². The van der Waals surface area contributed by atoms with E-state index in [-0.39, 0.29) is 35.3 Å². The second-order valence-corrected chi connectivity index (χ2v) is 6.64. The summed E-state index contributed by atoms with van der Waals surface area (Å²) in [5.41, 5.74) is -0.573. The van der Waals surface area contributed by atoms with Crippen LogP contribution in [0.15, 0.2) is 30.3 Å². The molecular weight excluding hydrogens is 378 g/mol. The van der Waals surface area contributed by atoms with Crippen molar-refractivity contribution in [2.45, 2.75) is 32.5 Å². The van der Waals surface area contributed by atoms with Crippen molar-refractivity contribution < 1.29 is 27.2 Å². The zero-order chi connectivity index (χ0) is 20.5. The Kier molecular flexibility index (Phi) is 5.35. The topological polar surface area (TPSA) is 71.1 Å². The van der Waals surface area contributed by atoms with Gasteiger partial charge in [-0.2, -0.15) is 13.2 Å². The molecule has 148 valence electrons. The van der Waals surface area contributed by atoms with Crippen LogP contribution in [0.25, 0.3) is 0 Å². The van der Waals surface area contributed by atoms with Gasteiger partial charge in [0.25, 0.3) is 5.91 Å². The number of hydrogen-bond acceptors (Lipinski definition) is 3. The Morgan fingerprint density at radius 2 is 1.89 bits per heavy atom. The average molecular weight is 395 g/mol. The summed E-state index contributed by atoms with van der Waals surface area (Å²) >= 11 is 0. The standard InChI is InChI=1S/C19H17F4N3O2/c1-10-6-13(8-16(25-10)26-18(28)12-3-4-12)17(27)24-9-11-2-5-15(20)14(7-11)19(21,22)23/h2,5-8,12H,3-4,9H2,1H3,(H,24,27)(H,25,26,28). The molecule has 2 N–H and O–H groups in total. The predicted molar refractivity (Wildman–Crippen MR) is 92.9 cm³/mol. The smallest absolute Gasteiger partial charge is 0.348 e. The molecule has 0 unspecified atom stereocenters. The van der Waals surface area contributed by atoms with Crippen molar-refractivity contribution in [2.75, 3.05) is 5.32 Å². The van der Waals surface area contributed by atoms with Crippen molar-refractivity contribution in [3.05, 3.63) is 58.5 Å². The zero-order valence-electron chi connectivity index (χ0n) is 14.9. The van der Waals surface area contributed by atoms with E-state index in [1.54, 1.807) is 6.92 Å². The normalized spacial score (nSPS) is 13.9. The van der Waals surface area contributed by atoms with Gasteiger partial charge in [0.1, 0.15) is 11.6 Å². The van der Waals surface area contributed by atoms with Gasteiger partial charge in [0.05, 0.1) is 5.56 Å². The molecule has 1 aromatic carbocycles. The van der Waals surface area contributed by atoms with Gasteiger partial charge in [-0.1, -0.05) is 6.07 Å². The molecule has 2 aromatic rings. The van der Waals surface area contributed by atoms with Gasteiger partial charge in [0.2, 0.25) is 5.91 Å². The SMILES string of the molecule is Cc1cc(C(=O)NCc2ccc(F)c(C(F)(F)F)c2)cc(NC(=O)C2CC2)n1. The van der Waals surface area contributed by atoms with E-state index in [4.69, 9.17) is 0 Å². The van der Waals surface area contributed by atoms with Crippen LogP contribution < -0.4 is 10.6 Å². The van der Waals surface area contributed by atoms with Gasteiger partial charge in [-0.25, -0.2) is 9.37 Å². The summed E-state index contributed by atoms with van der Waals surface area (Å²) in [6, 6.07) is 5.44. The van der Waals surface area contributed by atoms with Gasteiger partial charge in [-0.3, -0.25) is 9.59 Å². The number of rotatable bonds is 5. The Morgan fingerprint density at radius 1 is 1.18 bits per heavy atom. The van der Waals surface area contributed by atoms with Crippen LogP contribution in [0.4, 0.5) is 23.4 Å². The second-order valence-electron chi connectivity index (χ2n) is 6.64. The number of benzene rings is 1. The Labute approximate surface area is 158 Å². The number of amides is 2. The third-order valence-electron chi connectivity index (χ3n) is 4.20.